The molecule has 1 atom stereocenters. The third-order valence-electron chi connectivity index (χ3n) is 5.73. The number of aliphatic hydroxyl groups is 1. The van der Waals surface area contributed by atoms with E-state index in [0.29, 0.717) is 30.0 Å². The van der Waals surface area contributed by atoms with E-state index < -0.39 is 17.7 Å². The van der Waals surface area contributed by atoms with Gasteiger partial charge >= 0.3 is 0 Å². The van der Waals surface area contributed by atoms with Gasteiger partial charge in [-0.3, -0.25) is 14.6 Å². The summed E-state index contributed by atoms with van der Waals surface area (Å²) >= 11 is 0. The number of rotatable bonds is 10. The zero-order chi connectivity index (χ0) is 23.1. The minimum Gasteiger partial charge on any atom is -0.507 e. The molecule has 7 nitrogen and oxygen atoms in total. The third kappa shape index (κ3) is 4.99. The van der Waals surface area contributed by atoms with Gasteiger partial charge in [-0.15, -0.1) is 0 Å². The highest BCUT2D eigenvalue weighted by Crippen LogP contribution is 2.39. The molecule has 1 aromatic heterocycles. The Balaban J connectivity index is 2.00. The van der Waals surface area contributed by atoms with Crippen LogP contribution in [0.5, 0.6) is 5.75 Å². The van der Waals surface area contributed by atoms with Crippen molar-refractivity contribution in [3.63, 3.8) is 0 Å². The molecule has 0 aliphatic carbocycles. The summed E-state index contributed by atoms with van der Waals surface area (Å²) in [6.07, 6.45) is 4.00. The monoisotopic (exact) mass is 437 g/mol. The SMILES string of the molecule is CCOc1cccc(/C(O)=C2\C(=O)C(=O)N(CCCN(CC)CC)C2c2cccnc2)c1. The van der Waals surface area contributed by atoms with Crippen molar-refractivity contribution < 1.29 is 19.4 Å². The lowest BCUT2D eigenvalue weighted by Crippen LogP contribution is -2.33. The molecule has 0 radical (unpaired) electrons. The van der Waals surface area contributed by atoms with E-state index in [4.69, 9.17) is 4.74 Å². The Labute approximate surface area is 189 Å². The number of hydrogen-bond acceptors (Lipinski definition) is 6. The molecule has 1 amide bonds. The summed E-state index contributed by atoms with van der Waals surface area (Å²) < 4.78 is 5.53. The first kappa shape index (κ1) is 23.5. The highest BCUT2D eigenvalue weighted by Gasteiger charge is 2.45. The normalized spacial score (nSPS) is 17.9. The molecule has 1 aliphatic heterocycles. The van der Waals surface area contributed by atoms with Gasteiger partial charge in [0.25, 0.3) is 11.7 Å². The van der Waals surface area contributed by atoms with Crippen LogP contribution in [0.15, 0.2) is 54.4 Å². The van der Waals surface area contributed by atoms with Gasteiger partial charge in [0.1, 0.15) is 11.5 Å². The van der Waals surface area contributed by atoms with Crippen LogP contribution in [0, 0.1) is 0 Å². The maximum atomic E-state index is 13.1. The van der Waals surface area contributed by atoms with Crippen molar-refractivity contribution in [3.8, 4) is 5.75 Å². The van der Waals surface area contributed by atoms with E-state index >= 15 is 0 Å². The van der Waals surface area contributed by atoms with E-state index in [9.17, 15) is 14.7 Å². The summed E-state index contributed by atoms with van der Waals surface area (Å²) in [6, 6.07) is 9.81. The topological polar surface area (TPSA) is 83.0 Å². The van der Waals surface area contributed by atoms with E-state index in [1.165, 1.54) is 0 Å². The van der Waals surface area contributed by atoms with E-state index in [0.717, 1.165) is 26.1 Å². The van der Waals surface area contributed by atoms with Gasteiger partial charge < -0.3 is 19.6 Å². The summed E-state index contributed by atoms with van der Waals surface area (Å²) in [5.74, 6) is -0.894. The Bertz CT molecular complexity index is 970. The molecule has 1 unspecified atom stereocenters. The molecule has 0 bridgehead atoms. The Hall–Kier alpha value is -3.19. The van der Waals surface area contributed by atoms with Crippen molar-refractivity contribution in [2.45, 2.75) is 33.2 Å². The molecule has 3 rings (SSSR count). The number of carbonyl (C=O) groups excluding carboxylic acids is 2. The number of carbonyl (C=O) groups is 2. The van der Waals surface area contributed by atoms with Crippen LogP contribution in [0.2, 0.25) is 0 Å². The molecule has 32 heavy (non-hydrogen) atoms. The predicted octanol–water partition coefficient (Wildman–Crippen LogP) is 3.63. The second-order valence-electron chi connectivity index (χ2n) is 7.62. The summed E-state index contributed by atoms with van der Waals surface area (Å²) in [6.45, 7) is 9.65. The number of benzene rings is 1. The Morgan fingerprint density at radius 2 is 1.94 bits per heavy atom. The molecule has 0 spiro atoms. The van der Waals surface area contributed by atoms with Crippen molar-refractivity contribution in [2.24, 2.45) is 0 Å². The maximum absolute atomic E-state index is 13.1. The fraction of sp³-hybridized carbons (Fsp3) is 0.400. The minimum atomic E-state index is -0.684. The van der Waals surface area contributed by atoms with Crippen LogP contribution in [-0.4, -0.2) is 64.4 Å². The summed E-state index contributed by atoms with van der Waals surface area (Å²) in [7, 11) is 0. The lowest BCUT2D eigenvalue weighted by molar-refractivity contribution is -0.140. The predicted molar refractivity (Wildman–Crippen MR) is 123 cm³/mol. The molecular formula is C25H31N3O4. The number of likely N-dealkylation sites (tertiary alicyclic amines) is 1. The Morgan fingerprint density at radius 1 is 1.16 bits per heavy atom. The number of aromatic nitrogens is 1. The number of aliphatic hydroxyl groups excluding tert-OH is 1. The van der Waals surface area contributed by atoms with E-state index in [2.05, 4.69) is 23.7 Å². The number of pyridine rings is 1. The molecule has 170 valence electrons. The molecule has 1 saturated heterocycles. The molecular weight excluding hydrogens is 406 g/mol. The maximum Gasteiger partial charge on any atom is 0.295 e. The summed E-state index contributed by atoms with van der Waals surface area (Å²) in [5, 5.41) is 11.1. The second-order valence-corrected chi connectivity index (χ2v) is 7.62. The average molecular weight is 438 g/mol. The van der Waals surface area contributed by atoms with Crippen LogP contribution in [0.25, 0.3) is 5.76 Å². The number of Topliss-reactive ketones (excluding diaryl/α,β-unsaturated/α-hetero) is 1. The highest BCUT2D eigenvalue weighted by atomic mass is 16.5. The van der Waals surface area contributed by atoms with Crippen LogP contribution >= 0.6 is 0 Å². The van der Waals surface area contributed by atoms with Crippen molar-refractivity contribution >= 4 is 17.4 Å². The van der Waals surface area contributed by atoms with Crippen molar-refractivity contribution in [1.29, 1.82) is 0 Å². The van der Waals surface area contributed by atoms with Crippen LogP contribution in [0.4, 0.5) is 0 Å². The summed E-state index contributed by atoms with van der Waals surface area (Å²) in [4.78, 5) is 34.1. The van der Waals surface area contributed by atoms with E-state index in [1.54, 1.807) is 47.6 Å². The van der Waals surface area contributed by atoms with Gasteiger partial charge in [0, 0.05) is 24.5 Å². The number of nitrogens with zero attached hydrogens (tertiary/aromatic N) is 3. The minimum absolute atomic E-state index is 0.0829. The van der Waals surface area contributed by atoms with Gasteiger partial charge in [-0.1, -0.05) is 32.0 Å². The van der Waals surface area contributed by atoms with Crippen LogP contribution in [-0.2, 0) is 9.59 Å². The zero-order valence-corrected chi connectivity index (χ0v) is 19.0. The number of ketones is 1. The smallest absolute Gasteiger partial charge is 0.295 e. The second kappa shape index (κ2) is 10.9. The molecule has 0 saturated carbocycles. The van der Waals surface area contributed by atoms with Crippen LogP contribution in [0.3, 0.4) is 0 Å². The van der Waals surface area contributed by atoms with Crippen molar-refractivity contribution in [2.75, 3.05) is 32.8 Å². The lowest BCUT2D eigenvalue weighted by Gasteiger charge is -2.26. The van der Waals surface area contributed by atoms with Crippen molar-refractivity contribution in [1.82, 2.24) is 14.8 Å². The fourth-order valence-electron chi connectivity index (χ4n) is 4.05. The zero-order valence-electron chi connectivity index (χ0n) is 19.0. The van der Waals surface area contributed by atoms with Gasteiger partial charge in [-0.25, -0.2) is 0 Å². The average Bonchev–Trinajstić information content (AvgIpc) is 3.07. The van der Waals surface area contributed by atoms with Crippen LogP contribution < -0.4 is 4.74 Å². The third-order valence-corrected chi connectivity index (χ3v) is 5.73. The molecule has 2 aromatic rings. The van der Waals surface area contributed by atoms with Gasteiger partial charge in [0.05, 0.1) is 18.2 Å². The molecule has 1 aliphatic rings. The van der Waals surface area contributed by atoms with Gasteiger partial charge in [-0.05, 0) is 56.7 Å². The largest absolute Gasteiger partial charge is 0.507 e. The highest BCUT2D eigenvalue weighted by molar-refractivity contribution is 6.46. The first-order valence-electron chi connectivity index (χ1n) is 11.2. The lowest BCUT2D eigenvalue weighted by atomic mass is 9.96. The Morgan fingerprint density at radius 3 is 2.59 bits per heavy atom. The van der Waals surface area contributed by atoms with E-state index in [1.807, 2.05) is 13.0 Å². The quantitative estimate of drug-likeness (QED) is 0.347. The Kier molecular flexibility index (Phi) is 8.00. The van der Waals surface area contributed by atoms with Crippen LogP contribution in [0.1, 0.15) is 44.4 Å². The number of amides is 1. The molecule has 1 fully saturated rings. The standard InChI is InChI=1S/C25H31N3O4/c1-4-27(5-2)14-9-15-28-22(19-11-8-13-26-17-19)21(24(30)25(28)31)23(29)18-10-7-12-20(16-18)32-6-3/h7-8,10-13,16-17,22,29H,4-6,9,14-15H2,1-3H3/b23-21+. The molecule has 1 aromatic carbocycles. The fourth-order valence-corrected chi connectivity index (χ4v) is 4.05. The molecule has 2 heterocycles. The van der Waals surface area contributed by atoms with Crippen molar-refractivity contribution in [3.05, 3.63) is 65.5 Å². The van der Waals surface area contributed by atoms with Gasteiger partial charge in [0.15, 0.2) is 0 Å². The molecule has 1 N–H and O–H groups in total. The first-order chi connectivity index (χ1) is 15.5. The number of ether oxygens (including phenoxy) is 1. The first-order valence-corrected chi connectivity index (χ1v) is 11.2. The molecule has 7 heteroatoms. The summed E-state index contributed by atoms with van der Waals surface area (Å²) in [5.41, 5.74) is 1.21. The number of hydrogen-bond donors (Lipinski definition) is 1. The van der Waals surface area contributed by atoms with E-state index in [-0.39, 0.29) is 11.3 Å². The van der Waals surface area contributed by atoms with Gasteiger partial charge in [-0.2, -0.15) is 0 Å². The van der Waals surface area contributed by atoms with Gasteiger partial charge in [0.2, 0.25) is 0 Å².